The Labute approximate surface area is 130 Å². The average molecular weight is 335 g/mol. The number of aliphatic hydroxyl groups excluding tert-OH is 1. The van der Waals surface area contributed by atoms with E-state index in [-0.39, 0.29) is 6.61 Å². The molecule has 0 unspecified atom stereocenters. The summed E-state index contributed by atoms with van der Waals surface area (Å²) in [4.78, 5) is -0.406. The van der Waals surface area contributed by atoms with Gasteiger partial charge in [0.15, 0.2) is 0 Å². The van der Waals surface area contributed by atoms with Crippen molar-refractivity contribution in [3.05, 3.63) is 29.6 Å². The number of rotatable bonds is 10. The molecular weight excluding hydrogens is 313 g/mol. The number of hydrogen-bond donors (Lipinski definition) is 2. The van der Waals surface area contributed by atoms with Crippen molar-refractivity contribution in [3.8, 4) is 0 Å². The maximum Gasteiger partial charge on any atom is 0.243 e. The Morgan fingerprint density at radius 2 is 1.95 bits per heavy atom. The maximum absolute atomic E-state index is 13.6. The van der Waals surface area contributed by atoms with Crippen LogP contribution in [0, 0.1) is 5.82 Å². The van der Waals surface area contributed by atoms with Gasteiger partial charge in [0.1, 0.15) is 10.7 Å². The van der Waals surface area contributed by atoms with Crippen LogP contribution in [0.15, 0.2) is 23.1 Å². The monoisotopic (exact) mass is 335 g/mol. The second kappa shape index (κ2) is 9.40. The van der Waals surface area contributed by atoms with Crippen molar-refractivity contribution in [1.29, 1.82) is 0 Å². The van der Waals surface area contributed by atoms with Crippen LogP contribution in [0.1, 0.15) is 31.2 Å². The van der Waals surface area contributed by atoms with E-state index in [1.807, 2.05) is 0 Å². The van der Waals surface area contributed by atoms with Gasteiger partial charge < -0.3 is 5.11 Å². The zero-order chi connectivity index (χ0) is 15.7. The predicted octanol–water partition coefficient (Wildman–Crippen LogP) is 2.52. The van der Waals surface area contributed by atoms with Crippen LogP contribution in [0.3, 0.4) is 0 Å². The summed E-state index contributed by atoms with van der Waals surface area (Å²) in [5.74, 6) is 0.310. The molecule has 7 heteroatoms. The smallest absolute Gasteiger partial charge is 0.243 e. The van der Waals surface area contributed by atoms with Crippen LogP contribution in [0.5, 0.6) is 0 Å². The van der Waals surface area contributed by atoms with Crippen LogP contribution in [-0.2, 0) is 16.6 Å². The van der Waals surface area contributed by atoms with Crippen molar-refractivity contribution in [2.45, 2.75) is 37.2 Å². The van der Waals surface area contributed by atoms with Crippen molar-refractivity contribution in [3.63, 3.8) is 0 Å². The minimum atomic E-state index is -3.86. The van der Waals surface area contributed by atoms with Gasteiger partial charge in [-0.3, -0.25) is 0 Å². The van der Waals surface area contributed by atoms with E-state index in [0.717, 1.165) is 43.6 Å². The Morgan fingerprint density at radius 1 is 1.24 bits per heavy atom. The van der Waals surface area contributed by atoms with Gasteiger partial charge in [-0.05, 0) is 42.5 Å². The number of aliphatic hydroxyl groups is 1. The Balaban J connectivity index is 2.50. The lowest BCUT2D eigenvalue weighted by atomic mass is 10.2. The topological polar surface area (TPSA) is 66.4 Å². The van der Waals surface area contributed by atoms with E-state index in [9.17, 15) is 12.8 Å². The van der Waals surface area contributed by atoms with E-state index < -0.39 is 20.7 Å². The number of sulfonamides is 1. The summed E-state index contributed by atoms with van der Waals surface area (Å²) >= 11 is 1.80. The molecule has 0 aromatic heterocycles. The van der Waals surface area contributed by atoms with Crippen molar-refractivity contribution in [1.82, 2.24) is 4.72 Å². The van der Waals surface area contributed by atoms with Gasteiger partial charge in [-0.1, -0.05) is 18.9 Å². The highest BCUT2D eigenvalue weighted by Crippen LogP contribution is 2.16. The first-order chi connectivity index (χ1) is 10.0. The molecular formula is C14H22FNO3S2. The molecule has 21 heavy (non-hydrogen) atoms. The fraction of sp³-hybridized carbons (Fsp3) is 0.571. The van der Waals surface area contributed by atoms with Crippen LogP contribution < -0.4 is 4.72 Å². The molecule has 0 spiro atoms. The number of thioether (sulfide) groups is 1. The first kappa shape index (κ1) is 18.4. The highest BCUT2D eigenvalue weighted by Gasteiger charge is 2.18. The molecule has 4 nitrogen and oxygen atoms in total. The summed E-state index contributed by atoms with van der Waals surface area (Å²) in [5, 5.41) is 9.00. The van der Waals surface area contributed by atoms with E-state index in [4.69, 9.17) is 5.11 Å². The molecule has 1 rings (SSSR count). The Bertz CT molecular complexity index is 535. The SMILES string of the molecule is CSCCCCCCNS(=O)(=O)c1cc(CO)ccc1F. The summed E-state index contributed by atoms with van der Waals surface area (Å²) in [6.45, 7) is -0.0252. The Hall–Kier alpha value is -0.630. The highest BCUT2D eigenvalue weighted by atomic mass is 32.2. The Morgan fingerprint density at radius 3 is 2.62 bits per heavy atom. The third-order valence-electron chi connectivity index (χ3n) is 3.04. The van der Waals surface area contributed by atoms with Crippen molar-refractivity contribution < 1.29 is 17.9 Å². The van der Waals surface area contributed by atoms with Crippen molar-refractivity contribution in [2.24, 2.45) is 0 Å². The van der Waals surface area contributed by atoms with Crippen molar-refractivity contribution in [2.75, 3.05) is 18.6 Å². The summed E-state index contributed by atoms with van der Waals surface area (Å²) < 4.78 is 40.1. The predicted molar refractivity (Wildman–Crippen MR) is 84.4 cm³/mol. The number of unbranched alkanes of at least 4 members (excludes halogenated alkanes) is 3. The fourth-order valence-electron chi connectivity index (χ4n) is 1.86. The van der Waals surface area contributed by atoms with Gasteiger partial charge in [-0.25, -0.2) is 17.5 Å². The third-order valence-corrected chi connectivity index (χ3v) is 5.21. The zero-order valence-electron chi connectivity index (χ0n) is 12.1. The van der Waals surface area contributed by atoms with E-state index in [0.29, 0.717) is 12.1 Å². The van der Waals surface area contributed by atoms with Crippen LogP contribution in [0.4, 0.5) is 4.39 Å². The quantitative estimate of drug-likeness (QED) is 0.645. The minimum Gasteiger partial charge on any atom is -0.392 e. The van der Waals surface area contributed by atoms with Gasteiger partial charge >= 0.3 is 0 Å². The molecule has 0 heterocycles. The number of benzene rings is 1. The van der Waals surface area contributed by atoms with Gasteiger partial charge in [0.25, 0.3) is 0 Å². The van der Waals surface area contributed by atoms with Gasteiger partial charge in [-0.2, -0.15) is 11.8 Å². The first-order valence-electron chi connectivity index (χ1n) is 6.89. The highest BCUT2D eigenvalue weighted by molar-refractivity contribution is 7.98. The summed E-state index contributed by atoms with van der Waals surface area (Å²) in [6.07, 6.45) is 5.93. The molecule has 0 bridgehead atoms. The fourth-order valence-corrected chi connectivity index (χ4v) is 3.55. The molecule has 0 aliphatic carbocycles. The molecule has 2 N–H and O–H groups in total. The van der Waals surface area contributed by atoms with Crippen LogP contribution in [0.25, 0.3) is 0 Å². The van der Waals surface area contributed by atoms with E-state index in [1.54, 1.807) is 11.8 Å². The first-order valence-corrected chi connectivity index (χ1v) is 9.77. The molecule has 0 saturated heterocycles. The van der Waals surface area contributed by atoms with E-state index in [2.05, 4.69) is 11.0 Å². The lowest BCUT2D eigenvalue weighted by Crippen LogP contribution is -2.25. The van der Waals surface area contributed by atoms with Crippen LogP contribution >= 0.6 is 11.8 Å². The average Bonchev–Trinajstić information content (AvgIpc) is 2.46. The van der Waals surface area contributed by atoms with Crippen LogP contribution in [-0.4, -0.2) is 32.1 Å². The van der Waals surface area contributed by atoms with Crippen LogP contribution in [0.2, 0.25) is 0 Å². The normalized spacial score (nSPS) is 11.8. The second-order valence-corrected chi connectivity index (χ2v) is 7.45. The molecule has 0 aliphatic heterocycles. The van der Waals surface area contributed by atoms with Crippen molar-refractivity contribution >= 4 is 21.8 Å². The van der Waals surface area contributed by atoms with Gasteiger partial charge in [0.05, 0.1) is 6.61 Å². The van der Waals surface area contributed by atoms with E-state index in [1.165, 1.54) is 6.07 Å². The van der Waals surface area contributed by atoms with Gasteiger partial charge in [-0.15, -0.1) is 0 Å². The molecule has 0 atom stereocenters. The zero-order valence-corrected chi connectivity index (χ0v) is 13.8. The lowest BCUT2D eigenvalue weighted by molar-refractivity contribution is 0.281. The molecule has 0 fully saturated rings. The second-order valence-electron chi connectivity index (χ2n) is 4.73. The van der Waals surface area contributed by atoms with Gasteiger partial charge in [0, 0.05) is 6.54 Å². The molecule has 0 aliphatic rings. The summed E-state index contributed by atoms with van der Waals surface area (Å²) in [6, 6.07) is 3.58. The maximum atomic E-state index is 13.6. The minimum absolute atomic E-state index is 0.296. The molecule has 1 aromatic carbocycles. The standard InChI is InChI=1S/C14H22FNO3S2/c1-20-9-5-3-2-4-8-16-21(18,19)14-10-12(11-17)6-7-13(14)15/h6-7,10,16-17H,2-5,8-9,11H2,1H3. The molecule has 0 amide bonds. The van der Waals surface area contributed by atoms with E-state index >= 15 is 0 Å². The van der Waals surface area contributed by atoms with Gasteiger partial charge in [0.2, 0.25) is 10.0 Å². The molecule has 0 saturated carbocycles. The largest absolute Gasteiger partial charge is 0.392 e. The lowest BCUT2D eigenvalue weighted by Gasteiger charge is -2.09. The third kappa shape index (κ3) is 6.34. The number of hydrogen-bond acceptors (Lipinski definition) is 4. The summed E-state index contributed by atoms with van der Waals surface area (Å²) in [5.41, 5.74) is 0.369. The number of nitrogens with one attached hydrogen (secondary N) is 1. The molecule has 0 radical (unpaired) electrons. The molecule has 1 aromatic rings. The molecule has 120 valence electrons. The number of halogens is 1. The Kier molecular flexibility index (Phi) is 8.24. The summed E-state index contributed by atoms with van der Waals surface area (Å²) in [7, 11) is -3.86.